The minimum absolute atomic E-state index is 0.0713. The molecule has 0 radical (unpaired) electrons. The van der Waals surface area contributed by atoms with Crippen LogP contribution in [0.4, 0.5) is 0 Å². The molecule has 4 aromatic rings. The number of nitrogens with zero attached hydrogens (tertiary/aromatic N) is 3. The summed E-state index contributed by atoms with van der Waals surface area (Å²) in [5.41, 5.74) is 6.72. The number of hydrogen-bond donors (Lipinski definition) is 1. The van der Waals surface area contributed by atoms with Crippen molar-refractivity contribution in [3.8, 4) is 5.69 Å². The standard InChI is InChI=1S/C25H22N4O2S/c1-17-11-13-19(14-12-17)15-26-28-23(30)16-32-25-27-21-9-5-4-8-20(21)24(31)29(25)22-10-6-3-7-18(22)2/h3-15H,16H2,1-2H3,(H,28,30). The molecule has 4 rings (SSSR count). The van der Waals surface area contributed by atoms with E-state index in [2.05, 4.69) is 15.5 Å². The summed E-state index contributed by atoms with van der Waals surface area (Å²) in [6.45, 7) is 3.95. The summed E-state index contributed by atoms with van der Waals surface area (Å²) in [6.07, 6.45) is 1.60. The Kier molecular flexibility index (Phi) is 6.47. The Morgan fingerprint density at radius 2 is 1.75 bits per heavy atom. The molecule has 0 bridgehead atoms. The van der Waals surface area contributed by atoms with E-state index in [0.29, 0.717) is 16.1 Å². The van der Waals surface area contributed by atoms with Gasteiger partial charge in [-0.05, 0) is 43.2 Å². The van der Waals surface area contributed by atoms with Gasteiger partial charge in [-0.1, -0.05) is 71.9 Å². The van der Waals surface area contributed by atoms with Gasteiger partial charge >= 0.3 is 0 Å². The molecule has 0 fully saturated rings. The van der Waals surface area contributed by atoms with Crippen molar-refractivity contribution >= 4 is 34.8 Å². The van der Waals surface area contributed by atoms with Crippen LogP contribution in [0.25, 0.3) is 16.6 Å². The van der Waals surface area contributed by atoms with Gasteiger partial charge < -0.3 is 0 Å². The van der Waals surface area contributed by atoms with Crippen LogP contribution in [-0.4, -0.2) is 27.4 Å². The summed E-state index contributed by atoms with van der Waals surface area (Å²) in [5.74, 6) is -0.209. The number of para-hydroxylation sites is 2. The number of carbonyl (C=O) groups excluding carboxylic acids is 1. The average molecular weight is 443 g/mol. The Labute approximate surface area is 190 Å². The molecular weight excluding hydrogens is 420 g/mol. The lowest BCUT2D eigenvalue weighted by molar-refractivity contribution is -0.118. The molecular formula is C25H22N4O2S. The van der Waals surface area contributed by atoms with E-state index in [1.165, 1.54) is 11.8 Å². The largest absolute Gasteiger partial charge is 0.272 e. The number of thioether (sulfide) groups is 1. The maximum absolute atomic E-state index is 13.3. The summed E-state index contributed by atoms with van der Waals surface area (Å²) in [5, 5.41) is 5.01. The third kappa shape index (κ3) is 4.78. The van der Waals surface area contributed by atoms with Crippen LogP contribution < -0.4 is 11.0 Å². The summed E-state index contributed by atoms with van der Waals surface area (Å²) in [6, 6.07) is 22.7. The van der Waals surface area contributed by atoms with Crippen LogP contribution >= 0.6 is 11.8 Å². The highest BCUT2D eigenvalue weighted by molar-refractivity contribution is 7.99. The molecule has 0 unspecified atom stereocenters. The summed E-state index contributed by atoms with van der Waals surface area (Å²) in [4.78, 5) is 30.3. The first-order valence-corrected chi connectivity index (χ1v) is 11.1. The number of benzene rings is 3. The fourth-order valence-corrected chi connectivity index (χ4v) is 4.03. The van der Waals surface area contributed by atoms with Gasteiger partial charge in [0.25, 0.3) is 11.5 Å². The maximum atomic E-state index is 13.3. The molecule has 0 aliphatic heterocycles. The Morgan fingerprint density at radius 3 is 2.53 bits per heavy atom. The lowest BCUT2D eigenvalue weighted by atomic mass is 10.2. The molecule has 0 saturated carbocycles. The number of fused-ring (bicyclic) bond motifs is 1. The van der Waals surface area contributed by atoms with Crippen molar-refractivity contribution in [2.45, 2.75) is 19.0 Å². The average Bonchev–Trinajstić information content (AvgIpc) is 2.80. The van der Waals surface area contributed by atoms with E-state index in [-0.39, 0.29) is 17.2 Å². The fourth-order valence-electron chi connectivity index (χ4n) is 3.23. The van der Waals surface area contributed by atoms with Gasteiger partial charge in [-0.2, -0.15) is 5.10 Å². The van der Waals surface area contributed by atoms with Crippen molar-refractivity contribution in [2.24, 2.45) is 5.10 Å². The molecule has 1 aromatic heterocycles. The molecule has 7 heteroatoms. The predicted octanol–water partition coefficient (Wildman–Crippen LogP) is 4.24. The number of aromatic nitrogens is 2. The molecule has 32 heavy (non-hydrogen) atoms. The van der Waals surface area contributed by atoms with Crippen LogP contribution in [0, 0.1) is 13.8 Å². The van der Waals surface area contributed by atoms with Gasteiger partial charge in [0.2, 0.25) is 0 Å². The molecule has 1 heterocycles. The SMILES string of the molecule is Cc1ccc(C=NNC(=O)CSc2nc3ccccc3c(=O)n2-c2ccccc2C)cc1. The van der Waals surface area contributed by atoms with Gasteiger partial charge in [-0.3, -0.25) is 14.2 Å². The first-order valence-electron chi connectivity index (χ1n) is 10.1. The van der Waals surface area contributed by atoms with Crippen molar-refractivity contribution in [1.29, 1.82) is 0 Å². The number of rotatable bonds is 6. The molecule has 3 aromatic carbocycles. The first-order chi connectivity index (χ1) is 15.5. The second kappa shape index (κ2) is 9.62. The Hall–Kier alpha value is -3.71. The minimum atomic E-state index is -0.280. The van der Waals surface area contributed by atoms with Crippen molar-refractivity contribution in [2.75, 3.05) is 5.75 Å². The van der Waals surface area contributed by atoms with Crippen LogP contribution in [-0.2, 0) is 4.79 Å². The third-order valence-corrected chi connectivity index (χ3v) is 5.85. The van der Waals surface area contributed by atoms with Gasteiger partial charge in [0.15, 0.2) is 5.16 Å². The van der Waals surface area contributed by atoms with E-state index in [0.717, 1.165) is 22.4 Å². The van der Waals surface area contributed by atoms with Crippen molar-refractivity contribution < 1.29 is 4.79 Å². The number of aryl methyl sites for hydroxylation is 2. The Bertz CT molecular complexity index is 1360. The molecule has 1 amide bonds. The third-order valence-electron chi connectivity index (χ3n) is 4.91. The highest BCUT2D eigenvalue weighted by Gasteiger charge is 2.15. The second-order valence-corrected chi connectivity index (χ2v) is 8.27. The highest BCUT2D eigenvalue weighted by atomic mass is 32.2. The maximum Gasteiger partial charge on any atom is 0.266 e. The molecule has 160 valence electrons. The fraction of sp³-hybridized carbons (Fsp3) is 0.120. The van der Waals surface area contributed by atoms with Crippen LogP contribution in [0.5, 0.6) is 0 Å². The lowest BCUT2D eigenvalue weighted by Crippen LogP contribution is -2.24. The number of hydrazone groups is 1. The van der Waals surface area contributed by atoms with E-state index >= 15 is 0 Å². The predicted molar refractivity (Wildman–Crippen MR) is 130 cm³/mol. The number of amides is 1. The van der Waals surface area contributed by atoms with Gasteiger partial charge in [-0.25, -0.2) is 10.4 Å². The lowest BCUT2D eigenvalue weighted by Gasteiger charge is -2.14. The van der Waals surface area contributed by atoms with Gasteiger partial charge in [0.1, 0.15) is 0 Å². The quantitative estimate of drug-likeness (QED) is 0.210. The second-order valence-electron chi connectivity index (χ2n) is 7.33. The number of carbonyl (C=O) groups is 1. The minimum Gasteiger partial charge on any atom is -0.272 e. The Morgan fingerprint density at radius 1 is 1.03 bits per heavy atom. The first kappa shape index (κ1) is 21.5. The monoisotopic (exact) mass is 442 g/mol. The smallest absolute Gasteiger partial charge is 0.266 e. The van der Waals surface area contributed by atoms with Gasteiger partial charge in [0, 0.05) is 0 Å². The van der Waals surface area contributed by atoms with E-state index in [1.54, 1.807) is 22.9 Å². The number of nitrogens with one attached hydrogen (secondary N) is 1. The molecule has 1 N–H and O–H groups in total. The molecule has 6 nitrogen and oxygen atoms in total. The zero-order valence-electron chi connectivity index (χ0n) is 17.8. The van der Waals surface area contributed by atoms with E-state index < -0.39 is 0 Å². The van der Waals surface area contributed by atoms with Gasteiger partial charge in [0.05, 0.1) is 28.6 Å². The molecule has 0 saturated heterocycles. The van der Waals surface area contributed by atoms with Crippen LogP contribution in [0.2, 0.25) is 0 Å². The molecule has 0 atom stereocenters. The zero-order valence-corrected chi connectivity index (χ0v) is 18.6. The van der Waals surface area contributed by atoms with Gasteiger partial charge in [-0.15, -0.1) is 0 Å². The Balaban J connectivity index is 1.57. The topological polar surface area (TPSA) is 76.3 Å². The molecule has 0 spiro atoms. The summed E-state index contributed by atoms with van der Waals surface area (Å²) >= 11 is 1.20. The van der Waals surface area contributed by atoms with Crippen molar-refractivity contribution in [3.05, 3.63) is 99.8 Å². The number of hydrogen-bond acceptors (Lipinski definition) is 5. The van der Waals surface area contributed by atoms with E-state index in [4.69, 9.17) is 0 Å². The van der Waals surface area contributed by atoms with Crippen LogP contribution in [0.15, 0.2) is 87.8 Å². The van der Waals surface area contributed by atoms with Crippen LogP contribution in [0.3, 0.4) is 0 Å². The zero-order chi connectivity index (χ0) is 22.5. The summed E-state index contributed by atoms with van der Waals surface area (Å²) in [7, 11) is 0. The van der Waals surface area contributed by atoms with Crippen molar-refractivity contribution in [1.82, 2.24) is 15.0 Å². The van der Waals surface area contributed by atoms with Crippen molar-refractivity contribution in [3.63, 3.8) is 0 Å². The molecule has 0 aliphatic carbocycles. The molecule has 0 aliphatic rings. The normalized spacial score (nSPS) is 11.2. The highest BCUT2D eigenvalue weighted by Crippen LogP contribution is 2.22. The van der Waals surface area contributed by atoms with E-state index in [9.17, 15) is 9.59 Å². The van der Waals surface area contributed by atoms with E-state index in [1.807, 2.05) is 74.5 Å². The van der Waals surface area contributed by atoms with Crippen LogP contribution in [0.1, 0.15) is 16.7 Å². The summed E-state index contributed by atoms with van der Waals surface area (Å²) < 4.78 is 1.57.